The first-order chi connectivity index (χ1) is 13.4. The Morgan fingerprint density at radius 3 is 2.17 bits per heavy atom. The standard InChI is InChI=1S/C18H16N2O7S2/c1-10-4-3-5-15(11(10)2)19-20-17-14-7-6-13(28(22,23)24)8-12(14)9-16(18(17)21)29(25,26)27/h3-9,21H,1-2H3,(H,22,23,24)(H,25,26,27). The third kappa shape index (κ3) is 4.12. The van der Waals surface area contributed by atoms with E-state index in [1.165, 1.54) is 6.07 Å². The predicted molar refractivity (Wildman–Crippen MR) is 105 cm³/mol. The maximum absolute atomic E-state index is 11.7. The molecule has 3 aromatic rings. The molecule has 9 nitrogen and oxygen atoms in total. The van der Waals surface area contributed by atoms with Gasteiger partial charge in [0.1, 0.15) is 10.6 Å². The van der Waals surface area contributed by atoms with Gasteiger partial charge in [-0.25, -0.2) is 0 Å². The number of benzene rings is 3. The van der Waals surface area contributed by atoms with Crippen molar-refractivity contribution >= 4 is 42.4 Å². The molecule has 0 saturated carbocycles. The second-order valence-corrected chi connectivity index (χ2v) is 9.14. The molecule has 3 rings (SSSR count). The predicted octanol–water partition coefficient (Wildman–Crippen LogP) is 4.07. The molecule has 0 radical (unpaired) electrons. The number of azo groups is 1. The average Bonchev–Trinajstić information content (AvgIpc) is 2.61. The van der Waals surface area contributed by atoms with Gasteiger partial charge in [0.2, 0.25) is 0 Å². The van der Waals surface area contributed by atoms with Crippen molar-refractivity contribution in [1.29, 1.82) is 0 Å². The van der Waals surface area contributed by atoms with Crippen LogP contribution in [0.1, 0.15) is 11.1 Å². The van der Waals surface area contributed by atoms with Crippen LogP contribution in [0, 0.1) is 13.8 Å². The Kier molecular flexibility index (Phi) is 5.17. The van der Waals surface area contributed by atoms with Gasteiger partial charge in [0.05, 0.1) is 10.6 Å². The van der Waals surface area contributed by atoms with Crippen LogP contribution in [0.3, 0.4) is 0 Å². The highest BCUT2D eigenvalue weighted by Crippen LogP contribution is 2.42. The van der Waals surface area contributed by atoms with E-state index in [4.69, 9.17) is 0 Å². The van der Waals surface area contributed by atoms with Gasteiger partial charge in [0, 0.05) is 5.39 Å². The molecule has 0 spiro atoms. The van der Waals surface area contributed by atoms with Gasteiger partial charge in [-0.2, -0.15) is 21.9 Å². The number of hydrogen-bond donors (Lipinski definition) is 3. The summed E-state index contributed by atoms with van der Waals surface area (Å²) in [5.41, 5.74) is 1.96. The minimum Gasteiger partial charge on any atom is -0.504 e. The van der Waals surface area contributed by atoms with Crippen molar-refractivity contribution in [3.05, 3.63) is 53.6 Å². The van der Waals surface area contributed by atoms with Gasteiger partial charge < -0.3 is 5.11 Å². The van der Waals surface area contributed by atoms with E-state index in [0.29, 0.717) is 5.69 Å². The molecule has 0 heterocycles. The number of hydrogen-bond acceptors (Lipinski definition) is 7. The van der Waals surface area contributed by atoms with Crippen molar-refractivity contribution in [1.82, 2.24) is 0 Å². The topological polar surface area (TPSA) is 154 Å². The molecule has 3 aromatic carbocycles. The van der Waals surface area contributed by atoms with Gasteiger partial charge in [0.15, 0.2) is 5.75 Å². The van der Waals surface area contributed by atoms with Gasteiger partial charge in [-0.15, -0.1) is 5.11 Å². The van der Waals surface area contributed by atoms with Crippen LogP contribution < -0.4 is 0 Å². The van der Waals surface area contributed by atoms with Crippen LogP contribution >= 0.6 is 0 Å². The zero-order valence-corrected chi connectivity index (χ0v) is 16.9. The van der Waals surface area contributed by atoms with E-state index in [1.54, 1.807) is 12.1 Å². The Morgan fingerprint density at radius 1 is 0.862 bits per heavy atom. The summed E-state index contributed by atoms with van der Waals surface area (Å²) < 4.78 is 64.7. The Bertz CT molecular complexity index is 1380. The van der Waals surface area contributed by atoms with Gasteiger partial charge in [-0.05, 0) is 54.6 Å². The average molecular weight is 436 g/mol. The molecule has 29 heavy (non-hydrogen) atoms. The molecule has 11 heteroatoms. The van der Waals surface area contributed by atoms with Gasteiger partial charge in [-0.1, -0.05) is 18.2 Å². The van der Waals surface area contributed by atoms with Crippen molar-refractivity contribution in [2.75, 3.05) is 0 Å². The first-order valence-electron chi connectivity index (χ1n) is 8.12. The van der Waals surface area contributed by atoms with E-state index in [9.17, 15) is 31.0 Å². The maximum Gasteiger partial charge on any atom is 0.298 e. The number of aryl methyl sites for hydroxylation is 1. The lowest BCUT2D eigenvalue weighted by Gasteiger charge is -2.10. The van der Waals surface area contributed by atoms with Crippen LogP contribution in [0.5, 0.6) is 5.75 Å². The van der Waals surface area contributed by atoms with Gasteiger partial charge in [0.25, 0.3) is 20.2 Å². The first-order valence-corrected chi connectivity index (χ1v) is 11.0. The summed E-state index contributed by atoms with van der Waals surface area (Å²) in [4.78, 5) is -1.36. The van der Waals surface area contributed by atoms with Gasteiger partial charge >= 0.3 is 0 Å². The van der Waals surface area contributed by atoms with Crippen molar-refractivity contribution in [2.24, 2.45) is 10.2 Å². The van der Waals surface area contributed by atoms with Crippen LogP contribution in [0.2, 0.25) is 0 Å². The molecule has 0 fully saturated rings. The molecule has 0 aromatic heterocycles. The number of nitrogens with zero attached hydrogens (tertiary/aromatic N) is 2. The molecular weight excluding hydrogens is 420 g/mol. The zero-order chi connectivity index (χ0) is 21.6. The molecule has 152 valence electrons. The molecule has 0 bridgehead atoms. The van der Waals surface area contributed by atoms with E-state index in [-0.39, 0.29) is 16.5 Å². The Balaban J connectivity index is 2.33. The summed E-state index contributed by atoms with van der Waals surface area (Å²) in [6, 6.07) is 9.48. The first kappa shape index (κ1) is 20.9. The highest BCUT2D eigenvalue weighted by Gasteiger charge is 2.23. The fourth-order valence-electron chi connectivity index (χ4n) is 2.74. The fraction of sp³-hybridized carbons (Fsp3) is 0.111. The third-order valence-corrected chi connectivity index (χ3v) is 6.15. The summed E-state index contributed by atoms with van der Waals surface area (Å²) in [6.45, 7) is 3.69. The lowest BCUT2D eigenvalue weighted by molar-refractivity contribution is 0.445. The normalized spacial score (nSPS) is 12.7. The quantitative estimate of drug-likeness (QED) is 0.411. The summed E-state index contributed by atoms with van der Waals surface area (Å²) >= 11 is 0. The van der Waals surface area contributed by atoms with Crippen molar-refractivity contribution in [3.8, 4) is 5.75 Å². The van der Waals surface area contributed by atoms with E-state index >= 15 is 0 Å². The summed E-state index contributed by atoms with van der Waals surface area (Å²) in [5.74, 6) is -0.839. The fourth-order valence-corrected chi connectivity index (χ4v) is 3.87. The Hall–Kier alpha value is -2.86. The smallest absolute Gasteiger partial charge is 0.298 e. The largest absolute Gasteiger partial charge is 0.504 e. The molecule has 3 N–H and O–H groups in total. The highest BCUT2D eigenvalue weighted by molar-refractivity contribution is 7.86. The second kappa shape index (κ2) is 7.19. The third-order valence-electron chi connectivity index (χ3n) is 4.43. The van der Waals surface area contributed by atoms with Crippen molar-refractivity contribution in [3.63, 3.8) is 0 Å². The Labute approximate surface area is 166 Å². The van der Waals surface area contributed by atoms with E-state index in [0.717, 1.165) is 29.3 Å². The number of phenols is 1. The molecule has 0 atom stereocenters. The van der Waals surface area contributed by atoms with E-state index < -0.39 is 35.8 Å². The van der Waals surface area contributed by atoms with Crippen LogP contribution in [-0.2, 0) is 20.2 Å². The van der Waals surface area contributed by atoms with E-state index in [1.807, 2.05) is 19.9 Å². The maximum atomic E-state index is 11.7. The minimum absolute atomic E-state index is 0.000430. The summed E-state index contributed by atoms with van der Waals surface area (Å²) in [5, 5.41) is 18.6. The van der Waals surface area contributed by atoms with Gasteiger partial charge in [-0.3, -0.25) is 9.11 Å². The minimum atomic E-state index is -4.86. The molecule has 0 aliphatic rings. The number of rotatable bonds is 4. The van der Waals surface area contributed by atoms with Crippen molar-refractivity contribution < 1.29 is 31.0 Å². The van der Waals surface area contributed by atoms with Crippen LogP contribution in [-0.4, -0.2) is 31.0 Å². The monoisotopic (exact) mass is 436 g/mol. The molecule has 0 saturated heterocycles. The number of phenolic OH excluding ortho intramolecular Hbond substituents is 1. The molecule has 0 aliphatic heterocycles. The number of fused-ring (bicyclic) bond motifs is 1. The SMILES string of the molecule is Cc1cccc(N=Nc2c(O)c(S(=O)(=O)O)cc3cc(S(=O)(=O)O)ccc23)c1C. The Morgan fingerprint density at radius 2 is 1.55 bits per heavy atom. The summed E-state index contributed by atoms with van der Waals surface area (Å²) in [7, 11) is -9.42. The lowest BCUT2D eigenvalue weighted by Crippen LogP contribution is -2.00. The highest BCUT2D eigenvalue weighted by atomic mass is 32.2. The summed E-state index contributed by atoms with van der Waals surface area (Å²) in [6.07, 6.45) is 0. The van der Waals surface area contributed by atoms with Crippen molar-refractivity contribution in [2.45, 2.75) is 23.6 Å². The number of aromatic hydroxyl groups is 1. The molecule has 0 aliphatic carbocycles. The van der Waals surface area contributed by atoms with Crippen LogP contribution in [0.25, 0.3) is 10.8 Å². The molecule has 0 unspecified atom stereocenters. The van der Waals surface area contributed by atoms with E-state index in [2.05, 4.69) is 10.2 Å². The van der Waals surface area contributed by atoms with Crippen LogP contribution in [0.15, 0.2) is 62.5 Å². The van der Waals surface area contributed by atoms with Crippen LogP contribution in [0.4, 0.5) is 11.4 Å². The molecule has 0 amide bonds. The second-order valence-electron chi connectivity index (χ2n) is 6.32. The lowest BCUT2D eigenvalue weighted by atomic mass is 10.1. The zero-order valence-electron chi connectivity index (χ0n) is 15.2. The molecular formula is C18H16N2O7S2.